The molecule has 0 spiro atoms. The van der Waals surface area contributed by atoms with Gasteiger partial charge >= 0.3 is 0 Å². The molecule has 4 nitrogen and oxygen atoms in total. The van der Waals surface area contributed by atoms with Gasteiger partial charge in [-0.1, -0.05) is 13.8 Å². The molecule has 1 N–H and O–H groups in total. The first kappa shape index (κ1) is 14.5. The highest BCUT2D eigenvalue weighted by atomic mass is 16.2. The third-order valence-corrected chi connectivity index (χ3v) is 3.31. The highest BCUT2D eigenvalue weighted by Crippen LogP contribution is 2.18. The van der Waals surface area contributed by atoms with Crippen molar-refractivity contribution in [1.29, 1.82) is 0 Å². The molecule has 4 heteroatoms. The summed E-state index contributed by atoms with van der Waals surface area (Å²) in [4.78, 5) is 18.3. The number of carbonyl (C=O) groups is 1. The minimum atomic E-state index is 0.0366. The van der Waals surface area contributed by atoms with E-state index < -0.39 is 0 Å². The maximum Gasteiger partial charge on any atom is 0.256 e. The van der Waals surface area contributed by atoms with Gasteiger partial charge in [-0.15, -0.1) is 0 Å². The van der Waals surface area contributed by atoms with Crippen molar-refractivity contribution in [2.45, 2.75) is 33.7 Å². The maximum atomic E-state index is 12.4. The molecule has 0 saturated heterocycles. The van der Waals surface area contributed by atoms with E-state index in [2.05, 4.69) is 31.1 Å². The molecule has 100 valence electrons. The molecular formula is C14H23N3O. The first-order valence-electron chi connectivity index (χ1n) is 6.44. The van der Waals surface area contributed by atoms with Gasteiger partial charge in [-0.2, -0.15) is 0 Å². The lowest BCUT2D eigenvalue weighted by Crippen LogP contribution is -2.38. The third kappa shape index (κ3) is 3.22. The summed E-state index contributed by atoms with van der Waals surface area (Å²) in [5.41, 5.74) is 1.48. The smallest absolute Gasteiger partial charge is 0.256 e. The van der Waals surface area contributed by atoms with Gasteiger partial charge in [-0.05, 0) is 25.8 Å². The molecule has 1 aromatic heterocycles. The fraction of sp³-hybridized carbons (Fsp3) is 0.571. The molecule has 1 aromatic rings. The fourth-order valence-corrected chi connectivity index (χ4v) is 1.73. The average molecular weight is 249 g/mol. The molecule has 0 saturated carbocycles. The van der Waals surface area contributed by atoms with Crippen LogP contribution in [0.25, 0.3) is 0 Å². The van der Waals surface area contributed by atoms with E-state index in [-0.39, 0.29) is 11.9 Å². The van der Waals surface area contributed by atoms with Gasteiger partial charge in [0.1, 0.15) is 0 Å². The van der Waals surface area contributed by atoms with E-state index in [9.17, 15) is 4.79 Å². The Balaban J connectivity index is 2.96. The second-order valence-electron chi connectivity index (χ2n) is 4.85. The number of aromatic nitrogens is 1. The van der Waals surface area contributed by atoms with Crippen LogP contribution in [0.2, 0.25) is 0 Å². The van der Waals surface area contributed by atoms with Gasteiger partial charge in [0, 0.05) is 25.8 Å². The van der Waals surface area contributed by atoms with Crippen molar-refractivity contribution in [2.75, 3.05) is 18.9 Å². The highest BCUT2D eigenvalue weighted by molar-refractivity contribution is 5.99. The van der Waals surface area contributed by atoms with Gasteiger partial charge in [-0.3, -0.25) is 9.78 Å². The predicted octanol–water partition coefficient (Wildman–Crippen LogP) is 2.63. The zero-order valence-electron chi connectivity index (χ0n) is 11.9. The standard InChI is InChI=1S/C14H23N3O/c1-6-16-13-9-15-8-7-12(13)14(18)17(5)11(4)10(2)3/h7-11,16H,6H2,1-5H3. The van der Waals surface area contributed by atoms with E-state index in [4.69, 9.17) is 0 Å². The Morgan fingerprint density at radius 3 is 2.67 bits per heavy atom. The molecule has 0 aliphatic carbocycles. The number of hydrogen-bond acceptors (Lipinski definition) is 3. The predicted molar refractivity (Wildman–Crippen MR) is 74.8 cm³/mol. The molecule has 0 aromatic carbocycles. The Morgan fingerprint density at radius 2 is 2.11 bits per heavy atom. The lowest BCUT2D eigenvalue weighted by atomic mass is 10.0. The van der Waals surface area contributed by atoms with Gasteiger partial charge in [-0.25, -0.2) is 0 Å². The number of anilines is 1. The number of carbonyl (C=O) groups excluding carboxylic acids is 1. The summed E-state index contributed by atoms with van der Waals surface area (Å²) in [5, 5.41) is 3.17. The molecule has 18 heavy (non-hydrogen) atoms. The van der Waals surface area contributed by atoms with Crippen molar-refractivity contribution in [1.82, 2.24) is 9.88 Å². The van der Waals surface area contributed by atoms with Crippen LogP contribution in [0.1, 0.15) is 38.1 Å². The summed E-state index contributed by atoms with van der Waals surface area (Å²) >= 11 is 0. The highest BCUT2D eigenvalue weighted by Gasteiger charge is 2.21. The van der Waals surface area contributed by atoms with Crippen LogP contribution >= 0.6 is 0 Å². The molecule has 0 radical (unpaired) electrons. The minimum Gasteiger partial charge on any atom is -0.383 e. The van der Waals surface area contributed by atoms with Gasteiger partial charge in [0.25, 0.3) is 5.91 Å². The second kappa shape index (κ2) is 6.38. The van der Waals surface area contributed by atoms with Crippen LogP contribution < -0.4 is 5.32 Å². The van der Waals surface area contributed by atoms with Gasteiger partial charge in [0.15, 0.2) is 0 Å². The van der Waals surface area contributed by atoms with E-state index >= 15 is 0 Å². The van der Waals surface area contributed by atoms with Crippen molar-refractivity contribution in [3.05, 3.63) is 24.0 Å². The number of pyridine rings is 1. The van der Waals surface area contributed by atoms with Crippen LogP contribution in [0, 0.1) is 5.92 Å². The summed E-state index contributed by atoms with van der Waals surface area (Å²) in [6, 6.07) is 1.98. The molecule has 1 unspecified atom stereocenters. The summed E-state index contributed by atoms with van der Waals surface area (Å²) < 4.78 is 0. The van der Waals surface area contributed by atoms with Crippen molar-refractivity contribution in [3.63, 3.8) is 0 Å². The van der Waals surface area contributed by atoms with Gasteiger partial charge < -0.3 is 10.2 Å². The van der Waals surface area contributed by atoms with Crippen LogP contribution in [0.5, 0.6) is 0 Å². The van der Waals surface area contributed by atoms with Crippen molar-refractivity contribution >= 4 is 11.6 Å². The Bertz CT molecular complexity index is 404. The topological polar surface area (TPSA) is 45.2 Å². The van der Waals surface area contributed by atoms with E-state index in [0.29, 0.717) is 11.5 Å². The summed E-state index contributed by atoms with van der Waals surface area (Å²) in [5.74, 6) is 0.470. The molecule has 1 heterocycles. The Morgan fingerprint density at radius 1 is 1.44 bits per heavy atom. The van der Waals surface area contributed by atoms with Crippen molar-refractivity contribution in [2.24, 2.45) is 5.92 Å². The quantitative estimate of drug-likeness (QED) is 0.872. The van der Waals surface area contributed by atoms with Crippen LogP contribution in [-0.2, 0) is 0 Å². The van der Waals surface area contributed by atoms with Crippen LogP contribution in [0.4, 0.5) is 5.69 Å². The Labute approximate surface area is 109 Å². The van der Waals surface area contributed by atoms with E-state index in [1.807, 2.05) is 14.0 Å². The number of amides is 1. The molecule has 0 aliphatic heterocycles. The van der Waals surface area contributed by atoms with Crippen LogP contribution in [0.15, 0.2) is 18.5 Å². The number of nitrogens with one attached hydrogen (secondary N) is 1. The van der Waals surface area contributed by atoms with E-state index in [1.54, 1.807) is 23.4 Å². The normalized spacial score (nSPS) is 12.3. The van der Waals surface area contributed by atoms with Crippen LogP contribution in [-0.4, -0.2) is 35.4 Å². The monoisotopic (exact) mass is 249 g/mol. The summed E-state index contributed by atoms with van der Waals surface area (Å²) in [7, 11) is 1.85. The molecule has 1 amide bonds. The minimum absolute atomic E-state index is 0.0366. The average Bonchev–Trinajstić information content (AvgIpc) is 2.37. The summed E-state index contributed by atoms with van der Waals surface area (Å²) in [6.45, 7) is 9.08. The first-order valence-corrected chi connectivity index (χ1v) is 6.44. The van der Waals surface area contributed by atoms with Crippen LogP contribution in [0.3, 0.4) is 0 Å². The number of rotatable bonds is 5. The third-order valence-electron chi connectivity index (χ3n) is 3.31. The lowest BCUT2D eigenvalue weighted by molar-refractivity contribution is 0.0708. The van der Waals surface area contributed by atoms with Crippen molar-refractivity contribution in [3.8, 4) is 0 Å². The number of nitrogens with zero attached hydrogens (tertiary/aromatic N) is 2. The fourth-order valence-electron chi connectivity index (χ4n) is 1.73. The van der Waals surface area contributed by atoms with Crippen molar-refractivity contribution < 1.29 is 4.79 Å². The second-order valence-corrected chi connectivity index (χ2v) is 4.85. The largest absolute Gasteiger partial charge is 0.383 e. The number of hydrogen-bond donors (Lipinski definition) is 1. The van der Waals surface area contributed by atoms with E-state index in [1.165, 1.54) is 0 Å². The van der Waals surface area contributed by atoms with Gasteiger partial charge in [0.2, 0.25) is 0 Å². The zero-order valence-corrected chi connectivity index (χ0v) is 11.9. The maximum absolute atomic E-state index is 12.4. The molecular weight excluding hydrogens is 226 g/mol. The summed E-state index contributed by atoms with van der Waals surface area (Å²) in [6.07, 6.45) is 3.35. The zero-order chi connectivity index (χ0) is 13.7. The lowest BCUT2D eigenvalue weighted by Gasteiger charge is -2.28. The molecule has 1 rings (SSSR count). The first-order chi connectivity index (χ1) is 8.49. The molecule has 0 fully saturated rings. The molecule has 1 atom stereocenters. The SMILES string of the molecule is CCNc1cnccc1C(=O)N(C)C(C)C(C)C. The molecule has 0 bridgehead atoms. The van der Waals surface area contributed by atoms with E-state index in [0.717, 1.165) is 12.2 Å². The molecule has 0 aliphatic rings. The van der Waals surface area contributed by atoms with Gasteiger partial charge in [0.05, 0.1) is 17.4 Å². The Kier molecular flexibility index (Phi) is 5.13. The Hall–Kier alpha value is -1.58.